The lowest BCUT2D eigenvalue weighted by Crippen LogP contribution is -2.34. The van der Waals surface area contributed by atoms with Crippen LogP contribution in [0.3, 0.4) is 0 Å². The summed E-state index contributed by atoms with van der Waals surface area (Å²) >= 11 is 1.92. The van der Waals surface area contributed by atoms with E-state index in [1.165, 1.54) is 0 Å². The van der Waals surface area contributed by atoms with Crippen LogP contribution in [-0.2, 0) is 7.05 Å². The lowest BCUT2D eigenvalue weighted by molar-refractivity contribution is 0.0759. The van der Waals surface area contributed by atoms with Crippen LogP contribution in [0.5, 0.6) is 0 Å². The maximum Gasteiger partial charge on any atom is 0.276 e. The molecule has 0 unspecified atom stereocenters. The average Bonchev–Trinajstić information content (AvgIpc) is 2.50. The number of hydrogen-bond donors (Lipinski definition) is 1. The molecule has 0 aliphatic carbocycles. The minimum atomic E-state index is -0.0496. The number of nitrogen functional groups attached to an aromatic ring is 1. The van der Waals surface area contributed by atoms with E-state index in [-0.39, 0.29) is 10.7 Å². The van der Waals surface area contributed by atoms with Crippen molar-refractivity contribution in [2.24, 2.45) is 7.05 Å². The summed E-state index contributed by atoms with van der Waals surface area (Å²) in [5, 5.41) is 4.15. The normalized spacial score (nSPS) is 19.6. The Balaban J connectivity index is 2.12. The number of hydrogen-bond acceptors (Lipinski definition) is 4. The number of nitrogens with zero attached hydrogens (tertiary/aromatic N) is 3. The Morgan fingerprint density at radius 2 is 2.22 bits per heavy atom. The number of thioether (sulfide) groups is 1. The van der Waals surface area contributed by atoms with E-state index in [9.17, 15) is 4.79 Å². The van der Waals surface area contributed by atoms with Crippen molar-refractivity contribution in [2.45, 2.75) is 25.0 Å². The van der Waals surface area contributed by atoms with Gasteiger partial charge in [-0.05, 0) is 6.42 Å². The van der Waals surface area contributed by atoms with Crippen LogP contribution in [0.1, 0.15) is 30.8 Å². The molecule has 1 aliphatic rings. The summed E-state index contributed by atoms with van der Waals surface area (Å²) in [4.78, 5) is 14.2. The molecule has 1 saturated heterocycles. The second kappa shape index (κ2) is 4.84. The fourth-order valence-corrected chi connectivity index (χ4v) is 3.15. The minimum Gasteiger partial charge on any atom is -0.396 e. The topological polar surface area (TPSA) is 64.2 Å². The predicted octanol–water partition coefficient (Wildman–Crippen LogP) is 1.36. The van der Waals surface area contributed by atoms with Crippen molar-refractivity contribution in [2.75, 3.05) is 24.6 Å². The molecule has 5 nitrogen and oxygen atoms in total. The molecule has 2 N–H and O–H groups in total. The molecule has 0 spiro atoms. The number of amides is 1. The number of aromatic nitrogens is 2. The summed E-state index contributed by atoms with van der Waals surface area (Å²) in [6, 6.07) is 0. The number of rotatable bonds is 1. The van der Waals surface area contributed by atoms with Gasteiger partial charge in [-0.2, -0.15) is 16.9 Å². The lowest BCUT2D eigenvalue weighted by Gasteiger charge is -2.22. The molecular weight excluding hydrogens is 248 g/mol. The van der Waals surface area contributed by atoms with Crippen LogP contribution in [0, 0.1) is 0 Å². The van der Waals surface area contributed by atoms with E-state index < -0.39 is 0 Å². The van der Waals surface area contributed by atoms with Crippen molar-refractivity contribution in [3.63, 3.8) is 0 Å². The first-order valence-corrected chi connectivity index (χ1v) is 7.10. The Hall–Kier alpha value is -1.17. The Morgan fingerprint density at radius 3 is 2.83 bits per heavy atom. The molecule has 1 fully saturated rings. The summed E-state index contributed by atoms with van der Waals surface area (Å²) in [7, 11) is 1.77. The zero-order chi connectivity index (χ0) is 13.3. The molecule has 1 amide bonds. The quantitative estimate of drug-likeness (QED) is 0.835. The van der Waals surface area contributed by atoms with Gasteiger partial charge < -0.3 is 10.6 Å². The van der Waals surface area contributed by atoms with Crippen LogP contribution in [0.25, 0.3) is 0 Å². The number of carbonyl (C=O) groups is 1. The van der Waals surface area contributed by atoms with Crippen molar-refractivity contribution in [3.8, 4) is 0 Å². The Labute approximate surface area is 112 Å². The summed E-state index contributed by atoms with van der Waals surface area (Å²) in [6.07, 6.45) is 2.67. The van der Waals surface area contributed by atoms with Gasteiger partial charge in [0, 0.05) is 36.8 Å². The fourth-order valence-electron chi connectivity index (χ4n) is 2.05. The Bertz CT molecular complexity index is 455. The van der Waals surface area contributed by atoms with Gasteiger partial charge in [0.2, 0.25) is 0 Å². The van der Waals surface area contributed by atoms with Gasteiger partial charge in [-0.15, -0.1) is 0 Å². The highest BCUT2D eigenvalue weighted by molar-refractivity contribution is 8.00. The predicted molar refractivity (Wildman–Crippen MR) is 74.7 cm³/mol. The second-order valence-corrected chi connectivity index (χ2v) is 7.06. The molecule has 100 valence electrons. The molecule has 2 rings (SSSR count). The number of anilines is 1. The highest BCUT2D eigenvalue weighted by atomic mass is 32.2. The first-order chi connectivity index (χ1) is 8.39. The van der Waals surface area contributed by atoms with Crippen LogP contribution in [0.15, 0.2) is 6.20 Å². The zero-order valence-corrected chi connectivity index (χ0v) is 12.0. The van der Waals surface area contributed by atoms with Crippen molar-refractivity contribution in [3.05, 3.63) is 11.9 Å². The van der Waals surface area contributed by atoms with Gasteiger partial charge in [0.15, 0.2) is 5.69 Å². The maximum atomic E-state index is 12.4. The van der Waals surface area contributed by atoms with Crippen molar-refractivity contribution >= 4 is 23.4 Å². The van der Waals surface area contributed by atoms with E-state index in [0.29, 0.717) is 11.4 Å². The summed E-state index contributed by atoms with van der Waals surface area (Å²) in [5.74, 6) is 0.914. The van der Waals surface area contributed by atoms with Crippen molar-refractivity contribution in [1.82, 2.24) is 14.7 Å². The molecule has 0 bridgehead atoms. The van der Waals surface area contributed by atoms with Crippen LogP contribution in [0.2, 0.25) is 0 Å². The largest absolute Gasteiger partial charge is 0.396 e. The fraction of sp³-hybridized carbons (Fsp3) is 0.667. The van der Waals surface area contributed by atoms with E-state index in [4.69, 9.17) is 5.73 Å². The molecule has 18 heavy (non-hydrogen) atoms. The number of nitrogens with two attached hydrogens (primary N) is 1. The summed E-state index contributed by atoms with van der Waals surface area (Å²) in [6.45, 7) is 5.99. The average molecular weight is 268 g/mol. The molecule has 1 aliphatic heterocycles. The van der Waals surface area contributed by atoms with E-state index in [0.717, 1.165) is 25.3 Å². The lowest BCUT2D eigenvalue weighted by atomic mass is 10.1. The smallest absolute Gasteiger partial charge is 0.276 e. The van der Waals surface area contributed by atoms with Crippen LogP contribution < -0.4 is 5.73 Å². The molecule has 1 aromatic rings. The SMILES string of the molecule is Cn1cc(N)c(C(=O)N2CCSC(C)(C)CC2)n1. The van der Waals surface area contributed by atoms with Gasteiger partial charge in [0.1, 0.15) is 0 Å². The third-order valence-corrected chi connectivity index (χ3v) is 4.56. The number of aryl methyl sites for hydroxylation is 1. The highest BCUT2D eigenvalue weighted by Crippen LogP contribution is 2.31. The standard InChI is InChI=1S/C12H20N4OS/c1-12(2)4-5-16(6-7-18-12)11(17)10-9(13)8-15(3)14-10/h8H,4-7,13H2,1-3H3. The van der Waals surface area contributed by atoms with Crippen molar-refractivity contribution in [1.29, 1.82) is 0 Å². The first-order valence-electron chi connectivity index (χ1n) is 6.11. The zero-order valence-electron chi connectivity index (χ0n) is 11.1. The van der Waals surface area contributed by atoms with Gasteiger partial charge in [-0.3, -0.25) is 9.48 Å². The van der Waals surface area contributed by atoms with Gasteiger partial charge in [0.05, 0.1) is 5.69 Å². The highest BCUT2D eigenvalue weighted by Gasteiger charge is 2.28. The van der Waals surface area contributed by atoms with Crippen molar-refractivity contribution < 1.29 is 4.79 Å². The van der Waals surface area contributed by atoms with Gasteiger partial charge >= 0.3 is 0 Å². The molecule has 1 aromatic heterocycles. The van der Waals surface area contributed by atoms with E-state index in [1.807, 2.05) is 16.7 Å². The number of carbonyl (C=O) groups excluding carboxylic acids is 1. The Morgan fingerprint density at radius 1 is 1.50 bits per heavy atom. The molecule has 0 radical (unpaired) electrons. The molecule has 0 aromatic carbocycles. The van der Waals surface area contributed by atoms with E-state index in [1.54, 1.807) is 17.9 Å². The maximum absolute atomic E-state index is 12.4. The third-order valence-electron chi connectivity index (χ3n) is 3.18. The van der Waals surface area contributed by atoms with E-state index >= 15 is 0 Å². The minimum absolute atomic E-state index is 0.0496. The van der Waals surface area contributed by atoms with Crippen LogP contribution >= 0.6 is 11.8 Å². The summed E-state index contributed by atoms with van der Waals surface area (Å²) < 4.78 is 1.82. The van der Waals surface area contributed by atoms with Crippen LogP contribution in [0.4, 0.5) is 5.69 Å². The molecular formula is C12H20N4OS. The van der Waals surface area contributed by atoms with Gasteiger partial charge in [-0.25, -0.2) is 0 Å². The van der Waals surface area contributed by atoms with E-state index in [2.05, 4.69) is 18.9 Å². The Kier molecular flexibility index (Phi) is 3.56. The molecule has 2 heterocycles. The monoisotopic (exact) mass is 268 g/mol. The second-order valence-electron chi connectivity index (χ2n) is 5.26. The summed E-state index contributed by atoms with van der Waals surface area (Å²) in [5.41, 5.74) is 6.64. The van der Waals surface area contributed by atoms with Gasteiger partial charge in [0.25, 0.3) is 5.91 Å². The molecule has 0 atom stereocenters. The van der Waals surface area contributed by atoms with Gasteiger partial charge in [-0.1, -0.05) is 13.8 Å². The molecule has 6 heteroatoms. The first kappa shape index (κ1) is 13.3. The molecule has 0 saturated carbocycles. The third kappa shape index (κ3) is 2.80. The van der Waals surface area contributed by atoms with Crippen LogP contribution in [-0.4, -0.2) is 44.2 Å².